The molecule has 2 aromatic rings. The van der Waals surface area contributed by atoms with Crippen LogP contribution in [0.25, 0.3) is 11.0 Å². The van der Waals surface area contributed by atoms with Gasteiger partial charge in [0.05, 0.1) is 0 Å². The van der Waals surface area contributed by atoms with E-state index in [9.17, 15) is 4.79 Å². The summed E-state index contributed by atoms with van der Waals surface area (Å²) in [5, 5.41) is 9.51. The van der Waals surface area contributed by atoms with Gasteiger partial charge in [0.2, 0.25) is 5.76 Å². The van der Waals surface area contributed by atoms with Crippen molar-refractivity contribution in [2.24, 2.45) is 0 Å². The van der Waals surface area contributed by atoms with Gasteiger partial charge in [0.25, 0.3) is 0 Å². The van der Waals surface area contributed by atoms with E-state index in [0.29, 0.717) is 5.58 Å². The summed E-state index contributed by atoms with van der Waals surface area (Å²) in [5.41, 5.74) is 1.62. The maximum atomic E-state index is 10.6. The van der Waals surface area contributed by atoms with E-state index < -0.39 is 5.97 Å². The van der Waals surface area contributed by atoms with Crippen molar-refractivity contribution in [3.63, 3.8) is 0 Å². The van der Waals surface area contributed by atoms with Gasteiger partial charge in [-0.05, 0) is 30.7 Å². The molecule has 0 radical (unpaired) electrons. The normalized spacial score (nSPS) is 10.7. The van der Waals surface area contributed by atoms with Gasteiger partial charge in [0.1, 0.15) is 5.58 Å². The molecule has 0 aliphatic carbocycles. The fraction of sp³-hybridized carbons (Fsp3) is 0.100. The maximum Gasteiger partial charge on any atom is 0.371 e. The Balaban J connectivity index is 2.72. The smallest absolute Gasteiger partial charge is 0.371 e. The molecule has 0 fully saturated rings. The van der Waals surface area contributed by atoms with E-state index in [1.165, 1.54) is 6.07 Å². The van der Waals surface area contributed by atoms with Crippen molar-refractivity contribution in [1.82, 2.24) is 0 Å². The minimum absolute atomic E-state index is 0.0301. The fourth-order valence-corrected chi connectivity index (χ4v) is 1.63. The predicted octanol–water partition coefficient (Wildman–Crippen LogP) is 3.20. The first-order valence-electron chi connectivity index (χ1n) is 4.01. The predicted molar refractivity (Wildman–Crippen MR) is 55.6 cm³/mol. The van der Waals surface area contributed by atoms with Gasteiger partial charge in [-0.1, -0.05) is 15.9 Å². The molecule has 1 aromatic heterocycles. The van der Waals surface area contributed by atoms with E-state index in [4.69, 9.17) is 9.52 Å². The van der Waals surface area contributed by atoms with Gasteiger partial charge in [0.15, 0.2) is 0 Å². The molecule has 1 N–H and O–H groups in total. The lowest BCUT2D eigenvalue weighted by Crippen LogP contribution is -1.91. The van der Waals surface area contributed by atoms with Gasteiger partial charge in [-0.2, -0.15) is 0 Å². The zero-order valence-electron chi connectivity index (χ0n) is 7.37. The molecular formula is C10H7BrO3. The molecule has 1 aromatic carbocycles. The summed E-state index contributed by atoms with van der Waals surface area (Å²) in [4.78, 5) is 10.6. The first kappa shape index (κ1) is 9.27. The van der Waals surface area contributed by atoms with Crippen LogP contribution in [0.5, 0.6) is 0 Å². The summed E-state index contributed by atoms with van der Waals surface area (Å²) < 4.78 is 6.09. The highest BCUT2D eigenvalue weighted by molar-refractivity contribution is 9.10. The Morgan fingerprint density at radius 2 is 2.14 bits per heavy atom. The third-order valence-corrected chi connectivity index (χ3v) is 2.86. The largest absolute Gasteiger partial charge is 0.475 e. The first-order valence-corrected chi connectivity index (χ1v) is 4.80. The van der Waals surface area contributed by atoms with Gasteiger partial charge in [-0.15, -0.1) is 0 Å². The van der Waals surface area contributed by atoms with E-state index >= 15 is 0 Å². The van der Waals surface area contributed by atoms with Crippen LogP contribution in [0.2, 0.25) is 0 Å². The van der Waals surface area contributed by atoms with Gasteiger partial charge in [0, 0.05) is 9.86 Å². The lowest BCUT2D eigenvalue weighted by atomic mass is 10.2. The summed E-state index contributed by atoms with van der Waals surface area (Å²) in [6, 6.07) is 5.17. The monoisotopic (exact) mass is 254 g/mol. The SMILES string of the molecule is Cc1cc2oc(C(=O)O)cc2cc1Br. The number of aromatic carboxylic acids is 1. The maximum absolute atomic E-state index is 10.6. The molecule has 0 aliphatic rings. The van der Waals surface area contributed by atoms with E-state index in [1.54, 1.807) is 0 Å². The molecule has 0 atom stereocenters. The van der Waals surface area contributed by atoms with Crippen LogP contribution in [0.4, 0.5) is 0 Å². The zero-order valence-corrected chi connectivity index (χ0v) is 8.96. The highest BCUT2D eigenvalue weighted by Crippen LogP contribution is 2.26. The lowest BCUT2D eigenvalue weighted by molar-refractivity contribution is 0.0665. The number of fused-ring (bicyclic) bond motifs is 1. The number of carboxylic acid groups (broad SMARTS) is 1. The third-order valence-electron chi connectivity index (χ3n) is 2.01. The third kappa shape index (κ3) is 1.42. The Labute approximate surface area is 88.5 Å². The van der Waals surface area contributed by atoms with Gasteiger partial charge < -0.3 is 9.52 Å². The molecule has 2 rings (SSSR count). The molecule has 0 saturated heterocycles. The average Bonchev–Trinajstić information content (AvgIpc) is 2.48. The van der Waals surface area contributed by atoms with Crippen molar-refractivity contribution >= 4 is 32.9 Å². The van der Waals surface area contributed by atoms with Gasteiger partial charge in [-0.3, -0.25) is 0 Å². The number of furan rings is 1. The highest BCUT2D eigenvalue weighted by atomic mass is 79.9. The second-order valence-electron chi connectivity index (χ2n) is 3.06. The number of carboxylic acids is 1. The number of rotatable bonds is 1. The molecule has 14 heavy (non-hydrogen) atoms. The van der Waals surface area contributed by atoms with Crippen molar-refractivity contribution in [2.75, 3.05) is 0 Å². The van der Waals surface area contributed by atoms with E-state index in [0.717, 1.165) is 15.4 Å². The van der Waals surface area contributed by atoms with Crippen molar-refractivity contribution in [3.05, 3.63) is 34.0 Å². The van der Waals surface area contributed by atoms with Crippen LogP contribution in [-0.2, 0) is 0 Å². The van der Waals surface area contributed by atoms with Crippen LogP contribution in [0.3, 0.4) is 0 Å². The summed E-state index contributed by atoms with van der Waals surface area (Å²) in [6.07, 6.45) is 0. The summed E-state index contributed by atoms with van der Waals surface area (Å²) in [7, 11) is 0. The zero-order chi connectivity index (χ0) is 10.3. The fourth-order valence-electron chi connectivity index (χ4n) is 1.27. The quantitative estimate of drug-likeness (QED) is 0.851. The molecule has 0 aliphatic heterocycles. The number of hydrogen-bond acceptors (Lipinski definition) is 2. The van der Waals surface area contributed by atoms with E-state index in [1.807, 2.05) is 19.1 Å². The van der Waals surface area contributed by atoms with Crippen molar-refractivity contribution in [2.45, 2.75) is 6.92 Å². The minimum Gasteiger partial charge on any atom is -0.475 e. The Kier molecular flexibility index (Phi) is 2.07. The Morgan fingerprint density at radius 3 is 2.79 bits per heavy atom. The second-order valence-corrected chi connectivity index (χ2v) is 3.91. The molecule has 0 amide bonds. The molecule has 0 saturated carbocycles. The van der Waals surface area contributed by atoms with Crippen LogP contribution < -0.4 is 0 Å². The minimum atomic E-state index is -1.05. The molecular weight excluding hydrogens is 248 g/mol. The molecule has 4 heteroatoms. The standard InChI is InChI=1S/C10H7BrO3/c1-5-2-8-6(3-7(5)11)4-9(14-8)10(12)13/h2-4H,1H3,(H,12,13). The number of carbonyl (C=O) groups is 1. The molecule has 0 spiro atoms. The van der Waals surface area contributed by atoms with Gasteiger partial charge in [-0.25, -0.2) is 4.79 Å². The first-order chi connectivity index (χ1) is 6.58. The Hall–Kier alpha value is -1.29. The van der Waals surface area contributed by atoms with Crippen LogP contribution in [-0.4, -0.2) is 11.1 Å². The van der Waals surface area contributed by atoms with Crippen molar-refractivity contribution in [1.29, 1.82) is 0 Å². The van der Waals surface area contributed by atoms with E-state index in [2.05, 4.69) is 15.9 Å². The number of halogens is 1. The Bertz CT molecular complexity index is 474. The van der Waals surface area contributed by atoms with Crippen LogP contribution in [0.1, 0.15) is 16.1 Å². The van der Waals surface area contributed by atoms with Crippen LogP contribution in [0.15, 0.2) is 27.1 Å². The molecule has 72 valence electrons. The van der Waals surface area contributed by atoms with Crippen LogP contribution >= 0.6 is 15.9 Å². The number of benzene rings is 1. The van der Waals surface area contributed by atoms with E-state index in [-0.39, 0.29) is 5.76 Å². The molecule has 1 heterocycles. The average molecular weight is 255 g/mol. The Morgan fingerprint density at radius 1 is 1.43 bits per heavy atom. The van der Waals surface area contributed by atoms with Crippen molar-refractivity contribution in [3.8, 4) is 0 Å². The summed E-state index contributed by atoms with van der Waals surface area (Å²) in [5.74, 6) is -1.08. The van der Waals surface area contributed by atoms with Gasteiger partial charge >= 0.3 is 5.97 Å². The van der Waals surface area contributed by atoms with Crippen LogP contribution in [0, 0.1) is 6.92 Å². The second kappa shape index (κ2) is 3.13. The molecule has 3 nitrogen and oxygen atoms in total. The molecule has 0 bridgehead atoms. The highest BCUT2D eigenvalue weighted by Gasteiger charge is 2.11. The van der Waals surface area contributed by atoms with Crippen molar-refractivity contribution < 1.29 is 14.3 Å². The summed E-state index contributed by atoms with van der Waals surface area (Å²) >= 11 is 3.37. The number of hydrogen-bond donors (Lipinski definition) is 1. The topological polar surface area (TPSA) is 50.4 Å². The molecule has 0 unspecified atom stereocenters. The number of aryl methyl sites for hydroxylation is 1. The lowest BCUT2D eigenvalue weighted by Gasteiger charge is -1.95. The summed E-state index contributed by atoms with van der Waals surface area (Å²) in [6.45, 7) is 1.92.